The molecule has 2 N–H and O–H groups in total. The molecule has 1 aromatic rings. The summed E-state index contributed by atoms with van der Waals surface area (Å²) >= 11 is 5.72. The Morgan fingerprint density at radius 2 is 1.92 bits per heavy atom. The van der Waals surface area contributed by atoms with Gasteiger partial charge in [-0.25, -0.2) is 5.48 Å². The van der Waals surface area contributed by atoms with Gasteiger partial charge in [0.1, 0.15) is 0 Å². The number of nitrogens with one attached hydrogen (secondary N) is 1. The van der Waals surface area contributed by atoms with Gasteiger partial charge in [-0.05, 0) is 31.0 Å². The molecule has 0 heterocycles. The fourth-order valence-electron chi connectivity index (χ4n) is 1.02. The van der Waals surface area contributed by atoms with Crippen molar-refractivity contribution in [2.24, 2.45) is 0 Å². The van der Waals surface area contributed by atoms with Gasteiger partial charge >= 0.3 is 0 Å². The number of benzene rings is 1. The summed E-state index contributed by atoms with van der Waals surface area (Å²) in [5.74, 6) is 0. The molecule has 0 aromatic heterocycles. The molecule has 0 spiro atoms. The van der Waals surface area contributed by atoms with E-state index in [1.807, 2.05) is 31.2 Å². The fourth-order valence-corrected chi connectivity index (χ4v) is 1.15. The highest BCUT2D eigenvalue weighted by atomic mass is 35.5. The van der Waals surface area contributed by atoms with Gasteiger partial charge in [-0.3, -0.25) is 0 Å². The van der Waals surface area contributed by atoms with Gasteiger partial charge in [-0.1, -0.05) is 23.7 Å². The Kier molecular flexibility index (Phi) is 6.08. The molecule has 0 aliphatic rings. The maximum absolute atomic E-state index is 8.57. The van der Waals surface area contributed by atoms with E-state index in [2.05, 4.69) is 5.48 Å². The highest BCUT2D eigenvalue weighted by Crippen LogP contribution is 2.10. The quantitative estimate of drug-likeness (QED) is 0.770. The Morgan fingerprint density at radius 1 is 1.38 bits per heavy atom. The number of halogens is 2. The van der Waals surface area contributed by atoms with Crippen molar-refractivity contribution in [3.8, 4) is 0 Å². The Hall–Kier alpha value is -0.280. The van der Waals surface area contributed by atoms with Crippen molar-refractivity contribution in [2.45, 2.75) is 19.4 Å². The van der Waals surface area contributed by atoms with E-state index in [4.69, 9.17) is 16.8 Å². The van der Waals surface area contributed by atoms with Crippen LogP contribution in [-0.2, 0) is 6.42 Å². The van der Waals surface area contributed by atoms with Crippen molar-refractivity contribution in [3.05, 3.63) is 34.9 Å². The Bertz CT molecular complexity index is 238. The molecule has 1 aromatic carbocycles. The number of hydrogen-bond donors (Lipinski definition) is 2. The average molecular weight is 222 g/mol. The van der Waals surface area contributed by atoms with Crippen LogP contribution in [0.1, 0.15) is 12.5 Å². The van der Waals surface area contributed by atoms with Crippen molar-refractivity contribution in [2.75, 3.05) is 0 Å². The monoisotopic (exact) mass is 221 g/mol. The number of rotatable bonds is 3. The lowest BCUT2D eigenvalue weighted by atomic mass is 10.1. The summed E-state index contributed by atoms with van der Waals surface area (Å²) in [6.45, 7) is 1.91. The van der Waals surface area contributed by atoms with E-state index in [0.717, 1.165) is 17.0 Å². The smallest absolute Gasteiger partial charge is 0.0406 e. The van der Waals surface area contributed by atoms with Crippen molar-refractivity contribution in [1.29, 1.82) is 0 Å². The van der Waals surface area contributed by atoms with Crippen LogP contribution in [0, 0.1) is 0 Å². The zero-order chi connectivity index (χ0) is 8.97. The Morgan fingerprint density at radius 3 is 2.38 bits per heavy atom. The molecule has 1 atom stereocenters. The van der Waals surface area contributed by atoms with Gasteiger partial charge in [0.15, 0.2) is 0 Å². The molecule has 0 amide bonds. The molecule has 0 aliphatic carbocycles. The lowest BCUT2D eigenvalue weighted by Crippen LogP contribution is -2.24. The van der Waals surface area contributed by atoms with Crippen LogP contribution < -0.4 is 5.48 Å². The third-order valence-corrected chi connectivity index (χ3v) is 1.93. The summed E-state index contributed by atoms with van der Waals surface area (Å²) in [4.78, 5) is 0. The van der Waals surface area contributed by atoms with Crippen LogP contribution >= 0.6 is 24.0 Å². The molecular formula is C9H13Cl2NO. The van der Waals surface area contributed by atoms with Crippen LogP contribution in [0.3, 0.4) is 0 Å². The van der Waals surface area contributed by atoms with E-state index >= 15 is 0 Å². The van der Waals surface area contributed by atoms with E-state index in [9.17, 15) is 0 Å². The van der Waals surface area contributed by atoms with Gasteiger partial charge in [0.05, 0.1) is 0 Å². The van der Waals surface area contributed by atoms with Gasteiger partial charge < -0.3 is 5.21 Å². The SMILES string of the molecule is CC(Cc1ccc(Cl)cc1)NO.Cl. The topological polar surface area (TPSA) is 32.3 Å². The molecule has 0 radical (unpaired) electrons. The summed E-state index contributed by atoms with van der Waals surface area (Å²) in [7, 11) is 0. The summed E-state index contributed by atoms with van der Waals surface area (Å²) in [5, 5.41) is 9.31. The first kappa shape index (κ1) is 12.7. The third-order valence-electron chi connectivity index (χ3n) is 1.68. The van der Waals surface area contributed by atoms with E-state index in [1.54, 1.807) is 0 Å². The third kappa shape index (κ3) is 4.48. The first-order valence-electron chi connectivity index (χ1n) is 3.86. The largest absolute Gasteiger partial charge is 0.317 e. The molecule has 0 saturated carbocycles. The minimum absolute atomic E-state index is 0. The maximum atomic E-state index is 8.57. The molecule has 74 valence electrons. The predicted octanol–water partition coefficient (Wildman–Crippen LogP) is 2.67. The molecule has 0 aliphatic heterocycles. The van der Waals surface area contributed by atoms with E-state index < -0.39 is 0 Å². The molecule has 0 bridgehead atoms. The normalized spacial score (nSPS) is 11.9. The Labute approximate surface area is 89.3 Å². The fraction of sp³-hybridized carbons (Fsp3) is 0.333. The molecule has 2 nitrogen and oxygen atoms in total. The lowest BCUT2D eigenvalue weighted by Gasteiger charge is -2.08. The minimum Gasteiger partial charge on any atom is -0.317 e. The molecule has 0 fully saturated rings. The van der Waals surface area contributed by atoms with E-state index in [1.165, 1.54) is 0 Å². The van der Waals surface area contributed by atoms with Gasteiger partial charge in [-0.2, -0.15) is 0 Å². The lowest BCUT2D eigenvalue weighted by molar-refractivity contribution is 0.133. The summed E-state index contributed by atoms with van der Waals surface area (Å²) in [5.41, 5.74) is 3.36. The highest BCUT2D eigenvalue weighted by Gasteiger charge is 2.00. The van der Waals surface area contributed by atoms with Crippen LogP contribution in [0.25, 0.3) is 0 Å². The Balaban J connectivity index is 0.00000144. The van der Waals surface area contributed by atoms with Gasteiger partial charge in [0, 0.05) is 11.1 Å². The standard InChI is InChI=1S/C9H12ClNO.ClH/c1-7(11-12)6-8-2-4-9(10)5-3-8;/h2-5,7,11-12H,6H2,1H3;1H. The molecule has 4 heteroatoms. The molecular weight excluding hydrogens is 209 g/mol. The second kappa shape index (κ2) is 6.22. The molecule has 13 heavy (non-hydrogen) atoms. The molecule has 1 unspecified atom stereocenters. The van der Waals surface area contributed by atoms with Crippen LogP contribution in [0.5, 0.6) is 0 Å². The number of hydrogen-bond acceptors (Lipinski definition) is 2. The average Bonchev–Trinajstić information content (AvgIpc) is 2.09. The minimum atomic E-state index is 0. The van der Waals surface area contributed by atoms with Crippen molar-refractivity contribution in [3.63, 3.8) is 0 Å². The van der Waals surface area contributed by atoms with Gasteiger partial charge in [0.25, 0.3) is 0 Å². The van der Waals surface area contributed by atoms with Gasteiger partial charge in [0.2, 0.25) is 0 Å². The van der Waals surface area contributed by atoms with E-state index in [-0.39, 0.29) is 18.4 Å². The first-order valence-corrected chi connectivity index (χ1v) is 4.24. The zero-order valence-electron chi connectivity index (χ0n) is 7.33. The van der Waals surface area contributed by atoms with Gasteiger partial charge in [-0.15, -0.1) is 12.4 Å². The van der Waals surface area contributed by atoms with Crippen LogP contribution in [0.4, 0.5) is 0 Å². The maximum Gasteiger partial charge on any atom is 0.0406 e. The van der Waals surface area contributed by atoms with Crippen LogP contribution in [0.2, 0.25) is 5.02 Å². The second-order valence-electron chi connectivity index (χ2n) is 2.86. The highest BCUT2D eigenvalue weighted by molar-refractivity contribution is 6.30. The zero-order valence-corrected chi connectivity index (χ0v) is 8.90. The predicted molar refractivity (Wildman–Crippen MR) is 56.8 cm³/mol. The van der Waals surface area contributed by atoms with Crippen molar-refractivity contribution >= 4 is 24.0 Å². The molecule has 0 saturated heterocycles. The number of hydroxylamine groups is 1. The van der Waals surface area contributed by atoms with Crippen molar-refractivity contribution in [1.82, 2.24) is 5.48 Å². The van der Waals surface area contributed by atoms with Crippen LogP contribution in [-0.4, -0.2) is 11.2 Å². The second-order valence-corrected chi connectivity index (χ2v) is 3.30. The molecule has 1 rings (SSSR count). The summed E-state index contributed by atoms with van der Waals surface area (Å²) < 4.78 is 0. The van der Waals surface area contributed by atoms with Crippen molar-refractivity contribution < 1.29 is 5.21 Å². The van der Waals surface area contributed by atoms with E-state index in [0.29, 0.717) is 0 Å². The summed E-state index contributed by atoms with van der Waals surface area (Å²) in [6, 6.07) is 7.68. The first-order chi connectivity index (χ1) is 5.72. The van der Waals surface area contributed by atoms with Crippen LogP contribution in [0.15, 0.2) is 24.3 Å². The summed E-state index contributed by atoms with van der Waals surface area (Å²) in [6.07, 6.45) is 0.799.